The molecule has 1 heterocycles. The van der Waals surface area contributed by atoms with Gasteiger partial charge in [-0.05, 0) is 11.6 Å². The van der Waals surface area contributed by atoms with Crippen LogP contribution < -0.4 is 0 Å². The monoisotopic (exact) mass is 242 g/mol. The van der Waals surface area contributed by atoms with Crippen LogP contribution >= 0.6 is 22.9 Å². The zero-order chi connectivity index (χ0) is 10.7. The fourth-order valence-corrected chi connectivity index (χ4v) is 2.15. The normalized spacial score (nSPS) is 10.5. The Morgan fingerprint density at radius 3 is 2.60 bits per heavy atom. The number of benzene rings is 1. The van der Waals surface area contributed by atoms with Gasteiger partial charge in [0.15, 0.2) is 0 Å². The van der Waals surface area contributed by atoms with Crippen LogP contribution in [0.25, 0.3) is 0 Å². The third-order valence-corrected chi connectivity index (χ3v) is 3.26. The summed E-state index contributed by atoms with van der Waals surface area (Å²) in [4.78, 5) is 0. The lowest BCUT2D eigenvalue weighted by molar-refractivity contribution is 0.613. The predicted octanol–water partition coefficient (Wildman–Crippen LogP) is 3.01. The second-order valence-corrected chi connectivity index (χ2v) is 4.41. The fourth-order valence-electron chi connectivity index (χ4n) is 1.22. The van der Waals surface area contributed by atoms with Gasteiger partial charge in [0, 0.05) is 6.42 Å². The molecule has 0 saturated carbocycles. The standard InChI is InChI=1S/C10H8ClFN2S/c11-6-10-14-13-9(15-10)5-7-3-1-2-4-8(7)12/h1-4H,5-6H2. The van der Waals surface area contributed by atoms with E-state index in [4.69, 9.17) is 11.6 Å². The van der Waals surface area contributed by atoms with Crippen LogP contribution in [0.3, 0.4) is 0 Å². The van der Waals surface area contributed by atoms with Crippen molar-refractivity contribution in [2.75, 3.05) is 0 Å². The molecule has 1 aromatic heterocycles. The Balaban J connectivity index is 2.18. The van der Waals surface area contributed by atoms with Gasteiger partial charge in [0.1, 0.15) is 15.8 Å². The molecule has 0 aliphatic rings. The molecule has 2 aromatic rings. The van der Waals surface area contributed by atoms with Crippen molar-refractivity contribution in [3.8, 4) is 0 Å². The molecule has 0 aliphatic heterocycles. The second-order valence-electron chi connectivity index (χ2n) is 2.99. The number of rotatable bonds is 3. The van der Waals surface area contributed by atoms with Crippen LogP contribution in [0.1, 0.15) is 15.6 Å². The van der Waals surface area contributed by atoms with Crippen LogP contribution in [0.15, 0.2) is 24.3 Å². The van der Waals surface area contributed by atoms with Crippen molar-refractivity contribution in [3.05, 3.63) is 45.7 Å². The molecule has 15 heavy (non-hydrogen) atoms. The van der Waals surface area contributed by atoms with Crippen molar-refractivity contribution in [1.29, 1.82) is 0 Å². The number of nitrogens with zero attached hydrogens (tertiary/aromatic N) is 2. The van der Waals surface area contributed by atoms with Crippen molar-refractivity contribution in [1.82, 2.24) is 10.2 Å². The van der Waals surface area contributed by atoms with Crippen molar-refractivity contribution in [2.45, 2.75) is 12.3 Å². The number of halogens is 2. The zero-order valence-electron chi connectivity index (χ0n) is 7.78. The summed E-state index contributed by atoms with van der Waals surface area (Å²) < 4.78 is 13.3. The summed E-state index contributed by atoms with van der Waals surface area (Å²) in [7, 11) is 0. The first-order valence-electron chi connectivity index (χ1n) is 4.40. The summed E-state index contributed by atoms with van der Waals surface area (Å²) in [6, 6.07) is 6.67. The maximum atomic E-state index is 13.3. The molecule has 2 rings (SSSR count). The largest absolute Gasteiger partial charge is 0.207 e. The Hall–Kier alpha value is -1.00. The molecule has 0 N–H and O–H groups in total. The molecule has 2 nitrogen and oxygen atoms in total. The van der Waals surface area contributed by atoms with Gasteiger partial charge in [0.2, 0.25) is 0 Å². The number of hydrogen-bond donors (Lipinski definition) is 0. The van der Waals surface area contributed by atoms with Crippen LogP contribution in [-0.2, 0) is 12.3 Å². The molecule has 0 fully saturated rings. The lowest BCUT2D eigenvalue weighted by Crippen LogP contribution is -1.91. The highest BCUT2D eigenvalue weighted by Gasteiger charge is 2.07. The Morgan fingerprint density at radius 2 is 1.93 bits per heavy atom. The highest BCUT2D eigenvalue weighted by atomic mass is 35.5. The van der Waals surface area contributed by atoms with Crippen molar-refractivity contribution >= 4 is 22.9 Å². The first-order chi connectivity index (χ1) is 7.29. The first-order valence-corrected chi connectivity index (χ1v) is 5.75. The van der Waals surface area contributed by atoms with E-state index >= 15 is 0 Å². The molecule has 0 bridgehead atoms. The van der Waals surface area contributed by atoms with Gasteiger partial charge in [-0.25, -0.2) is 4.39 Å². The summed E-state index contributed by atoms with van der Waals surface area (Å²) in [5.74, 6) is 0.148. The van der Waals surface area contributed by atoms with Crippen LogP contribution in [0, 0.1) is 5.82 Å². The van der Waals surface area contributed by atoms with Crippen molar-refractivity contribution in [2.24, 2.45) is 0 Å². The zero-order valence-corrected chi connectivity index (χ0v) is 9.35. The van der Waals surface area contributed by atoms with Gasteiger partial charge in [-0.3, -0.25) is 0 Å². The summed E-state index contributed by atoms with van der Waals surface area (Å²) in [6.45, 7) is 0. The van der Waals surface area contributed by atoms with Crippen LogP contribution in [0.4, 0.5) is 4.39 Å². The van der Waals surface area contributed by atoms with Gasteiger partial charge in [-0.1, -0.05) is 29.5 Å². The van der Waals surface area contributed by atoms with E-state index in [2.05, 4.69) is 10.2 Å². The minimum absolute atomic E-state index is 0.208. The molecule has 0 aliphatic carbocycles. The lowest BCUT2D eigenvalue weighted by Gasteiger charge is -1.98. The molecule has 1 aromatic carbocycles. The third kappa shape index (κ3) is 2.52. The number of aromatic nitrogens is 2. The van der Waals surface area contributed by atoms with E-state index in [-0.39, 0.29) is 5.82 Å². The van der Waals surface area contributed by atoms with Gasteiger partial charge >= 0.3 is 0 Å². The Morgan fingerprint density at radius 1 is 1.20 bits per heavy atom. The minimum Gasteiger partial charge on any atom is -0.207 e. The molecular formula is C10H8ClFN2S. The molecule has 0 spiro atoms. The highest BCUT2D eigenvalue weighted by Crippen LogP contribution is 2.17. The smallest absolute Gasteiger partial charge is 0.132 e. The second kappa shape index (κ2) is 4.68. The first kappa shape index (κ1) is 10.5. The average Bonchev–Trinajstić information content (AvgIpc) is 2.69. The SMILES string of the molecule is Fc1ccccc1Cc1nnc(CCl)s1. The predicted molar refractivity (Wildman–Crippen MR) is 58.7 cm³/mol. The maximum absolute atomic E-state index is 13.3. The Kier molecular flexibility index (Phi) is 3.28. The molecule has 5 heteroatoms. The van der Waals surface area contributed by atoms with Crippen LogP contribution in [0.5, 0.6) is 0 Å². The third-order valence-electron chi connectivity index (χ3n) is 1.92. The van der Waals surface area contributed by atoms with E-state index < -0.39 is 0 Å². The number of hydrogen-bond acceptors (Lipinski definition) is 3. The van der Waals surface area contributed by atoms with Crippen LogP contribution in [-0.4, -0.2) is 10.2 Å². The van der Waals surface area contributed by atoms with Gasteiger partial charge in [-0.2, -0.15) is 0 Å². The molecular weight excluding hydrogens is 235 g/mol. The van der Waals surface area contributed by atoms with Crippen molar-refractivity contribution in [3.63, 3.8) is 0 Å². The molecule has 0 saturated heterocycles. The molecule has 78 valence electrons. The van der Waals surface area contributed by atoms with E-state index in [1.54, 1.807) is 12.1 Å². The maximum Gasteiger partial charge on any atom is 0.132 e. The topological polar surface area (TPSA) is 25.8 Å². The highest BCUT2D eigenvalue weighted by molar-refractivity contribution is 7.11. The number of alkyl halides is 1. The molecule has 0 atom stereocenters. The van der Waals surface area contributed by atoms with E-state index in [1.807, 2.05) is 6.07 Å². The summed E-state index contributed by atoms with van der Waals surface area (Å²) in [5, 5.41) is 9.37. The average molecular weight is 243 g/mol. The van der Waals surface area contributed by atoms with E-state index in [0.717, 1.165) is 10.0 Å². The summed E-state index contributed by atoms with van der Waals surface area (Å²) in [6.07, 6.45) is 0.473. The Bertz CT molecular complexity index is 458. The minimum atomic E-state index is -0.208. The quantitative estimate of drug-likeness (QED) is 0.774. The van der Waals surface area contributed by atoms with Crippen molar-refractivity contribution < 1.29 is 4.39 Å². The van der Waals surface area contributed by atoms with E-state index in [9.17, 15) is 4.39 Å². The lowest BCUT2D eigenvalue weighted by atomic mass is 10.1. The van der Waals surface area contributed by atoms with Crippen LogP contribution in [0.2, 0.25) is 0 Å². The fraction of sp³-hybridized carbons (Fsp3) is 0.200. The summed E-state index contributed by atoms with van der Waals surface area (Å²) >= 11 is 7.02. The van der Waals surface area contributed by atoms with Gasteiger partial charge in [0.25, 0.3) is 0 Å². The molecule has 0 radical (unpaired) electrons. The van der Waals surface area contributed by atoms with E-state index in [0.29, 0.717) is 17.9 Å². The molecule has 0 amide bonds. The van der Waals surface area contributed by atoms with Gasteiger partial charge in [0.05, 0.1) is 5.88 Å². The summed E-state index contributed by atoms with van der Waals surface area (Å²) in [5.41, 5.74) is 0.634. The Labute approximate surface area is 95.7 Å². The van der Waals surface area contributed by atoms with E-state index in [1.165, 1.54) is 17.4 Å². The van der Waals surface area contributed by atoms with Gasteiger partial charge in [-0.15, -0.1) is 21.8 Å². The van der Waals surface area contributed by atoms with Gasteiger partial charge < -0.3 is 0 Å². The molecule has 0 unspecified atom stereocenters.